The lowest BCUT2D eigenvalue weighted by molar-refractivity contribution is -0.326. The summed E-state index contributed by atoms with van der Waals surface area (Å²) >= 11 is 0. The second kappa shape index (κ2) is 14.9. The van der Waals surface area contributed by atoms with Crippen molar-refractivity contribution in [3.63, 3.8) is 0 Å². The van der Waals surface area contributed by atoms with Gasteiger partial charge in [-0.1, -0.05) is 51.1 Å². The van der Waals surface area contributed by atoms with Gasteiger partial charge in [-0.2, -0.15) is 0 Å². The van der Waals surface area contributed by atoms with E-state index in [0.29, 0.717) is 0 Å². The Hall–Kier alpha value is -3.28. The first-order valence-electron chi connectivity index (χ1n) is 16.3. The third-order valence-corrected chi connectivity index (χ3v) is 13.8. The zero-order valence-corrected chi connectivity index (χ0v) is 30.9. The third-order valence-electron chi connectivity index (χ3n) is 9.33. The summed E-state index contributed by atoms with van der Waals surface area (Å²) in [4.78, 5) is 52.7. The number of hydrogen-bond acceptors (Lipinski definition) is 13. The van der Waals surface area contributed by atoms with Gasteiger partial charge in [-0.05, 0) is 44.5 Å². The highest BCUT2D eigenvalue weighted by Gasteiger charge is 2.62. The molecular formula is C33H50N2O13Si. The van der Waals surface area contributed by atoms with Crippen molar-refractivity contribution in [1.29, 1.82) is 0 Å². The van der Waals surface area contributed by atoms with E-state index in [1.165, 1.54) is 14.0 Å². The highest BCUT2D eigenvalue weighted by atomic mass is 28.4. The molecule has 3 heterocycles. The smallest absolute Gasteiger partial charge is 0.408 e. The van der Waals surface area contributed by atoms with Gasteiger partial charge in [0.2, 0.25) is 0 Å². The molecule has 2 amide bonds. The molecule has 3 fully saturated rings. The molecule has 0 aromatic heterocycles. The number of ether oxygens (including phenoxy) is 8. The van der Waals surface area contributed by atoms with Gasteiger partial charge in [0.05, 0.1) is 39.1 Å². The van der Waals surface area contributed by atoms with Crippen LogP contribution in [0, 0.1) is 0 Å². The lowest BCUT2D eigenvalue weighted by atomic mass is 9.87. The first kappa shape index (κ1) is 38.5. The minimum Gasteiger partial charge on any atom is -0.467 e. The molecule has 2 N–H and O–H groups in total. The highest BCUT2D eigenvalue weighted by molar-refractivity contribution is 6.74. The van der Waals surface area contributed by atoms with Crippen LogP contribution in [-0.4, -0.2) is 107 Å². The molecule has 4 rings (SSSR count). The molecule has 0 bridgehead atoms. The van der Waals surface area contributed by atoms with Crippen molar-refractivity contribution in [1.82, 2.24) is 10.6 Å². The monoisotopic (exact) mass is 710 g/mol. The summed E-state index contributed by atoms with van der Waals surface area (Å²) in [6, 6.07) is 6.74. The molecule has 0 spiro atoms. The molecule has 0 radical (unpaired) electrons. The molecule has 15 nitrogen and oxygen atoms in total. The van der Waals surface area contributed by atoms with Gasteiger partial charge in [0, 0.05) is 6.42 Å². The van der Waals surface area contributed by atoms with Crippen molar-refractivity contribution in [2.75, 3.05) is 20.8 Å². The van der Waals surface area contributed by atoms with Crippen molar-refractivity contribution in [2.24, 2.45) is 0 Å². The Morgan fingerprint density at radius 1 is 1.06 bits per heavy atom. The number of carbonyl (C=O) groups excluding carboxylic acids is 4. The molecule has 1 aromatic rings. The Bertz CT molecular complexity index is 1350. The number of alkyl carbamates (subject to hydrolysis) is 2. The van der Waals surface area contributed by atoms with Crippen LogP contribution in [0.4, 0.5) is 9.59 Å². The lowest BCUT2D eigenvalue weighted by Crippen LogP contribution is -2.73. The maximum absolute atomic E-state index is 13.8. The summed E-state index contributed by atoms with van der Waals surface area (Å²) < 4.78 is 52.8. The molecule has 0 unspecified atom stereocenters. The van der Waals surface area contributed by atoms with Crippen molar-refractivity contribution >= 4 is 32.4 Å². The fourth-order valence-electron chi connectivity index (χ4n) is 5.75. The van der Waals surface area contributed by atoms with Gasteiger partial charge in [-0.25, -0.2) is 19.2 Å². The standard InChI is InChI=1S/C33H50N2O13Si/c1-19(23(27(36)40-7)34-29(38)42-17-20-14-12-11-13-15-20)45-33(28(37)41-8)16-21(48-49(9,10)31(2,3)4)24-26(47-33)25(44-30(39)35-24)22-18-43-32(5,6)46-22/h11-15,19,21-26H,16-18H2,1-10H3,(H,34,38)(H,35,39)/t19-,21+,22-,23+,24-,25-,26-,33+/m1/s1. The first-order valence-corrected chi connectivity index (χ1v) is 19.2. The lowest BCUT2D eigenvalue weighted by Gasteiger charge is -2.53. The van der Waals surface area contributed by atoms with Crippen LogP contribution in [0.3, 0.4) is 0 Å². The molecule has 8 atom stereocenters. The summed E-state index contributed by atoms with van der Waals surface area (Å²) in [7, 11) is -0.260. The van der Waals surface area contributed by atoms with Gasteiger partial charge >= 0.3 is 24.1 Å². The minimum absolute atomic E-state index is 0.0581. The van der Waals surface area contributed by atoms with Crippen molar-refractivity contribution in [3.8, 4) is 0 Å². The second-order valence-electron chi connectivity index (χ2n) is 14.4. The van der Waals surface area contributed by atoms with Crippen LogP contribution in [0.1, 0.15) is 53.5 Å². The Morgan fingerprint density at radius 2 is 1.73 bits per heavy atom. The Balaban J connectivity index is 1.69. The van der Waals surface area contributed by atoms with Gasteiger partial charge in [0.15, 0.2) is 26.3 Å². The quantitative estimate of drug-likeness (QED) is 0.194. The zero-order valence-electron chi connectivity index (χ0n) is 29.9. The van der Waals surface area contributed by atoms with E-state index in [0.717, 1.165) is 12.7 Å². The van der Waals surface area contributed by atoms with E-state index < -0.39 is 86.6 Å². The number of benzene rings is 1. The van der Waals surface area contributed by atoms with Crippen LogP contribution in [0.2, 0.25) is 18.1 Å². The fourth-order valence-corrected chi connectivity index (χ4v) is 7.09. The normalized spacial score (nSPS) is 29.3. The van der Waals surface area contributed by atoms with Crippen LogP contribution in [0.5, 0.6) is 0 Å². The molecule has 274 valence electrons. The van der Waals surface area contributed by atoms with Crippen LogP contribution in [0.15, 0.2) is 30.3 Å². The number of cyclic esters (lactones) is 1. The van der Waals surface area contributed by atoms with E-state index in [2.05, 4.69) is 31.4 Å². The van der Waals surface area contributed by atoms with Gasteiger partial charge in [0.25, 0.3) is 5.79 Å². The first-order chi connectivity index (χ1) is 22.8. The fraction of sp³-hybridized carbons (Fsp3) is 0.697. The number of fused-ring (bicyclic) bond motifs is 1. The average molecular weight is 711 g/mol. The topological polar surface area (TPSA) is 175 Å². The van der Waals surface area contributed by atoms with Crippen LogP contribution < -0.4 is 10.6 Å². The number of rotatable bonds is 11. The maximum atomic E-state index is 13.8. The number of hydrogen-bond donors (Lipinski definition) is 2. The molecule has 3 aliphatic rings. The van der Waals surface area contributed by atoms with Crippen LogP contribution >= 0.6 is 0 Å². The molecule has 0 aliphatic carbocycles. The number of carbonyl (C=O) groups is 4. The molecule has 0 saturated carbocycles. The van der Waals surface area contributed by atoms with Crippen LogP contribution in [0.25, 0.3) is 0 Å². The van der Waals surface area contributed by atoms with Gasteiger partial charge in [0.1, 0.15) is 18.8 Å². The van der Waals surface area contributed by atoms with E-state index in [1.807, 2.05) is 19.2 Å². The highest BCUT2D eigenvalue weighted by Crippen LogP contribution is 2.44. The number of esters is 2. The predicted molar refractivity (Wildman–Crippen MR) is 175 cm³/mol. The van der Waals surface area contributed by atoms with Crippen molar-refractivity contribution < 1.29 is 61.5 Å². The molecule has 49 heavy (non-hydrogen) atoms. The van der Waals surface area contributed by atoms with E-state index in [1.54, 1.807) is 38.1 Å². The Labute approximate surface area is 288 Å². The van der Waals surface area contributed by atoms with E-state index in [-0.39, 0.29) is 24.7 Å². The number of amides is 2. The minimum atomic E-state index is -2.58. The largest absolute Gasteiger partial charge is 0.467 e. The summed E-state index contributed by atoms with van der Waals surface area (Å²) in [6.07, 6.45) is -6.87. The predicted octanol–water partition coefficient (Wildman–Crippen LogP) is 3.54. The zero-order chi connectivity index (χ0) is 36.4. The van der Waals surface area contributed by atoms with E-state index in [9.17, 15) is 19.2 Å². The maximum Gasteiger partial charge on any atom is 0.408 e. The van der Waals surface area contributed by atoms with E-state index in [4.69, 9.17) is 42.3 Å². The van der Waals surface area contributed by atoms with Crippen molar-refractivity contribution in [2.45, 2.75) is 127 Å². The molecule has 16 heteroatoms. The number of nitrogens with one attached hydrogen (secondary N) is 2. The summed E-state index contributed by atoms with van der Waals surface area (Å²) in [5, 5.41) is 5.05. The van der Waals surface area contributed by atoms with Gasteiger partial charge < -0.3 is 53.0 Å². The summed E-state index contributed by atoms with van der Waals surface area (Å²) in [6.45, 7) is 15.2. The molecule has 1 aromatic carbocycles. The van der Waals surface area contributed by atoms with E-state index >= 15 is 0 Å². The van der Waals surface area contributed by atoms with Crippen molar-refractivity contribution in [3.05, 3.63) is 35.9 Å². The Kier molecular flexibility index (Phi) is 11.7. The van der Waals surface area contributed by atoms with Crippen LogP contribution in [-0.2, 0) is 58.5 Å². The SMILES string of the molecule is COC(=O)[C@@H](NC(=O)OCc1ccccc1)[C@@H](C)O[C@@]1(C(=O)OC)C[C@H](O[Si](C)(C)C(C)(C)C)[C@H]2NC(=O)O[C@H]([C@H]3COC(C)(C)O3)[C@@H]2O1. The van der Waals surface area contributed by atoms with Gasteiger partial charge in [-0.15, -0.1) is 0 Å². The molecule has 3 aliphatic heterocycles. The van der Waals surface area contributed by atoms with Gasteiger partial charge in [-0.3, -0.25) is 0 Å². The second-order valence-corrected chi connectivity index (χ2v) is 19.1. The number of methoxy groups -OCH3 is 2. The Morgan fingerprint density at radius 3 is 2.31 bits per heavy atom. The molecule has 3 saturated heterocycles. The third kappa shape index (κ3) is 8.91. The molecular weight excluding hydrogens is 660 g/mol. The summed E-state index contributed by atoms with van der Waals surface area (Å²) in [5.41, 5.74) is 0.732. The average Bonchev–Trinajstić information content (AvgIpc) is 3.40. The summed E-state index contributed by atoms with van der Waals surface area (Å²) in [5.74, 6) is -4.97.